The molecule has 1 atom stereocenters. The second kappa shape index (κ2) is 4.38. The lowest BCUT2D eigenvalue weighted by Gasteiger charge is -2.09. The summed E-state index contributed by atoms with van der Waals surface area (Å²) < 4.78 is 1.88. The fourth-order valence-electron chi connectivity index (χ4n) is 2.85. The van der Waals surface area contributed by atoms with E-state index in [1.165, 1.54) is 6.33 Å². The fraction of sp³-hybridized carbons (Fsp3) is 0.385. The van der Waals surface area contributed by atoms with Crippen molar-refractivity contribution in [3.8, 4) is 5.82 Å². The maximum absolute atomic E-state index is 6.22. The lowest BCUT2D eigenvalue weighted by atomic mass is 10.1. The number of nitrogens with two attached hydrogens (primary N) is 1. The van der Waals surface area contributed by atoms with Gasteiger partial charge in [0, 0.05) is 11.6 Å². The van der Waals surface area contributed by atoms with Crippen LogP contribution in [0.25, 0.3) is 17.0 Å². The SMILES string of the molecule is NC1CCCCc2c1cnn2-c1ncnc2nc[nH]c12. The number of nitrogens with one attached hydrogen (secondary N) is 1. The van der Waals surface area contributed by atoms with Gasteiger partial charge in [-0.1, -0.05) is 6.42 Å². The highest BCUT2D eigenvalue weighted by Gasteiger charge is 2.22. The van der Waals surface area contributed by atoms with Gasteiger partial charge in [0.15, 0.2) is 11.5 Å². The van der Waals surface area contributed by atoms with Crippen LogP contribution in [0, 0.1) is 0 Å². The zero-order valence-electron chi connectivity index (χ0n) is 11.0. The predicted molar refractivity (Wildman–Crippen MR) is 73.3 cm³/mol. The first kappa shape index (κ1) is 11.5. The summed E-state index contributed by atoms with van der Waals surface area (Å²) in [6.45, 7) is 0. The summed E-state index contributed by atoms with van der Waals surface area (Å²) in [5.74, 6) is 0.739. The predicted octanol–water partition coefficient (Wildman–Crippen LogP) is 1.26. The van der Waals surface area contributed by atoms with Gasteiger partial charge in [0.2, 0.25) is 0 Å². The van der Waals surface area contributed by atoms with Gasteiger partial charge in [-0.05, 0) is 19.3 Å². The Morgan fingerprint density at radius 1 is 1.25 bits per heavy atom. The van der Waals surface area contributed by atoms with Crippen LogP contribution in [0.4, 0.5) is 0 Å². The third-order valence-corrected chi connectivity index (χ3v) is 3.88. The molecule has 20 heavy (non-hydrogen) atoms. The van der Waals surface area contributed by atoms with Crippen LogP contribution in [-0.2, 0) is 6.42 Å². The lowest BCUT2D eigenvalue weighted by molar-refractivity contribution is 0.611. The summed E-state index contributed by atoms with van der Waals surface area (Å²) in [7, 11) is 0. The van der Waals surface area contributed by atoms with Gasteiger partial charge < -0.3 is 10.7 Å². The van der Waals surface area contributed by atoms with E-state index < -0.39 is 0 Å². The minimum atomic E-state index is 0.0698. The van der Waals surface area contributed by atoms with Crippen molar-refractivity contribution in [3.05, 3.63) is 30.1 Å². The Balaban J connectivity index is 1.93. The number of fused-ring (bicyclic) bond motifs is 2. The summed E-state index contributed by atoms with van der Waals surface area (Å²) in [4.78, 5) is 15.7. The molecule has 0 spiro atoms. The molecule has 0 fully saturated rings. The van der Waals surface area contributed by atoms with Crippen LogP contribution in [0.3, 0.4) is 0 Å². The number of imidazole rings is 1. The standard InChI is InChI=1S/C13H15N7/c14-9-3-1-2-4-10-8(9)5-19-20(10)13-11-12(16-6-15-11)17-7-18-13/h5-7,9H,1-4,14H2,(H,15,16,17,18). The van der Waals surface area contributed by atoms with E-state index in [0.29, 0.717) is 5.65 Å². The van der Waals surface area contributed by atoms with Crippen molar-refractivity contribution >= 4 is 11.2 Å². The smallest absolute Gasteiger partial charge is 0.182 e. The molecule has 0 saturated carbocycles. The lowest BCUT2D eigenvalue weighted by Crippen LogP contribution is -2.11. The van der Waals surface area contributed by atoms with Gasteiger partial charge in [0.1, 0.15) is 11.8 Å². The maximum atomic E-state index is 6.22. The number of aromatic nitrogens is 6. The number of nitrogens with zero attached hydrogens (tertiary/aromatic N) is 5. The summed E-state index contributed by atoms with van der Waals surface area (Å²) in [5, 5.41) is 4.49. The molecule has 7 nitrogen and oxygen atoms in total. The largest absolute Gasteiger partial charge is 0.340 e. The van der Waals surface area contributed by atoms with Crippen LogP contribution in [0.1, 0.15) is 36.6 Å². The number of aromatic amines is 1. The highest BCUT2D eigenvalue weighted by atomic mass is 15.3. The van der Waals surface area contributed by atoms with Crippen molar-refractivity contribution in [1.29, 1.82) is 0 Å². The van der Waals surface area contributed by atoms with E-state index in [9.17, 15) is 0 Å². The maximum Gasteiger partial charge on any atom is 0.182 e. The molecular weight excluding hydrogens is 254 g/mol. The van der Waals surface area contributed by atoms with Gasteiger partial charge in [0.05, 0.1) is 18.2 Å². The Hall–Kier alpha value is -2.28. The van der Waals surface area contributed by atoms with Gasteiger partial charge >= 0.3 is 0 Å². The zero-order valence-corrected chi connectivity index (χ0v) is 11.0. The van der Waals surface area contributed by atoms with E-state index in [4.69, 9.17) is 5.73 Å². The van der Waals surface area contributed by atoms with E-state index in [1.54, 1.807) is 6.33 Å². The third-order valence-electron chi connectivity index (χ3n) is 3.88. The molecule has 102 valence electrons. The average Bonchev–Trinajstić information content (AvgIpc) is 3.06. The molecule has 3 heterocycles. The van der Waals surface area contributed by atoms with E-state index >= 15 is 0 Å². The van der Waals surface area contributed by atoms with E-state index in [2.05, 4.69) is 25.0 Å². The average molecular weight is 269 g/mol. The van der Waals surface area contributed by atoms with Crippen LogP contribution >= 0.6 is 0 Å². The fourth-order valence-corrected chi connectivity index (χ4v) is 2.85. The molecule has 0 saturated heterocycles. The highest BCUT2D eigenvalue weighted by Crippen LogP contribution is 2.28. The molecule has 4 rings (SSSR count). The number of rotatable bonds is 1. The van der Waals surface area contributed by atoms with Crippen molar-refractivity contribution in [2.45, 2.75) is 31.7 Å². The molecule has 0 amide bonds. The van der Waals surface area contributed by atoms with Crippen LogP contribution in [0.5, 0.6) is 0 Å². The van der Waals surface area contributed by atoms with Crippen molar-refractivity contribution in [2.75, 3.05) is 0 Å². The van der Waals surface area contributed by atoms with Gasteiger partial charge in [-0.15, -0.1) is 0 Å². The normalized spacial score (nSPS) is 18.9. The number of H-pyrrole nitrogens is 1. The van der Waals surface area contributed by atoms with E-state index in [1.807, 2.05) is 10.9 Å². The van der Waals surface area contributed by atoms with Gasteiger partial charge in [0.25, 0.3) is 0 Å². The molecule has 1 aliphatic carbocycles. The van der Waals surface area contributed by atoms with Crippen molar-refractivity contribution in [1.82, 2.24) is 29.7 Å². The number of hydrogen-bond acceptors (Lipinski definition) is 5. The Labute approximate surface area is 115 Å². The monoisotopic (exact) mass is 269 g/mol. The third kappa shape index (κ3) is 1.63. The van der Waals surface area contributed by atoms with Gasteiger partial charge in [-0.25, -0.2) is 19.6 Å². The molecule has 0 aromatic carbocycles. The molecule has 0 bridgehead atoms. The Bertz CT molecular complexity index is 757. The molecule has 3 N–H and O–H groups in total. The van der Waals surface area contributed by atoms with Crippen LogP contribution in [0.2, 0.25) is 0 Å². The Morgan fingerprint density at radius 3 is 3.15 bits per heavy atom. The Morgan fingerprint density at radius 2 is 2.20 bits per heavy atom. The highest BCUT2D eigenvalue weighted by molar-refractivity contribution is 5.77. The quantitative estimate of drug-likeness (QED) is 0.648. The molecule has 1 unspecified atom stereocenters. The first-order chi connectivity index (χ1) is 9.84. The number of hydrogen-bond donors (Lipinski definition) is 2. The topological polar surface area (TPSA) is 98.3 Å². The van der Waals surface area contributed by atoms with Crippen LogP contribution < -0.4 is 5.73 Å². The molecule has 3 aromatic rings. The second-order valence-corrected chi connectivity index (χ2v) is 5.11. The van der Waals surface area contributed by atoms with Crippen molar-refractivity contribution in [2.24, 2.45) is 5.73 Å². The van der Waals surface area contributed by atoms with Gasteiger partial charge in [-0.2, -0.15) is 5.10 Å². The Kier molecular flexibility index (Phi) is 2.53. The van der Waals surface area contributed by atoms with E-state index in [0.717, 1.165) is 48.3 Å². The first-order valence-corrected chi connectivity index (χ1v) is 6.81. The zero-order chi connectivity index (χ0) is 13.5. The molecule has 7 heteroatoms. The summed E-state index contributed by atoms with van der Waals surface area (Å²) in [6.07, 6.45) is 9.28. The molecule has 0 aliphatic heterocycles. The minimum Gasteiger partial charge on any atom is -0.340 e. The summed E-state index contributed by atoms with van der Waals surface area (Å²) in [5.41, 5.74) is 9.97. The van der Waals surface area contributed by atoms with Crippen LogP contribution in [0.15, 0.2) is 18.9 Å². The van der Waals surface area contributed by atoms with Crippen molar-refractivity contribution in [3.63, 3.8) is 0 Å². The molecule has 1 aliphatic rings. The molecular formula is C13H15N7. The molecule has 0 radical (unpaired) electrons. The minimum absolute atomic E-state index is 0.0698. The van der Waals surface area contributed by atoms with Gasteiger partial charge in [-0.3, -0.25) is 0 Å². The second-order valence-electron chi connectivity index (χ2n) is 5.11. The van der Waals surface area contributed by atoms with Crippen molar-refractivity contribution < 1.29 is 0 Å². The first-order valence-electron chi connectivity index (χ1n) is 6.81. The van der Waals surface area contributed by atoms with E-state index in [-0.39, 0.29) is 6.04 Å². The molecule has 3 aromatic heterocycles. The van der Waals surface area contributed by atoms with Crippen LogP contribution in [-0.4, -0.2) is 29.7 Å². The summed E-state index contributed by atoms with van der Waals surface area (Å²) in [6, 6.07) is 0.0698. The summed E-state index contributed by atoms with van der Waals surface area (Å²) >= 11 is 0.